The maximum Gasteiger partial charge on any atom is 0.161 e. The summed E-state index contributed by atoms with van der Waals surface area (Å²) >= 11 is 0. The van der Waals surface area contributed by atoms with Crippen LogP contribution in [0.4, 0.5) is 0 Å². The van der Waals surface area contributed by atoms with Crippen LogP contribution in [-0.2, 0) is 0 Å². The largest absolute Gasteiger partial charge is 0.486 e. The number of ether oxygens (including phenoxy) is 2. The third-order valence-electron chi connectivity index (χ3n) is 2.66. The normalized spacial score (nSPS) is 16.6. The summed E-state index contributed by atoms with van der Waals surface area (Å²) in [5, 5.41) is 22.4. The molecule has 1 aromatic rings. The number of rotatable bonds is 4. The first-order valence-corrected chi connectivity index (χ1v) is 5.49. The molecule has 0 aromatic heterocycles. The van der Waals surface area contributed by atoms with E-state index < -0.39 is 18.8 Å². The van der Waals surface area contributed by atoms with Gasteiger partial charge in [-0.15, -0.1) is 0 Å². The molecule has 1 unspecified atom stereocenters. The van der Waals surface area contributed by atoms with Crippen LogP contribution in [0.3, 0.4) is 0 Å². The van der Waals surface area contributed by atoms with Gasteiger partial charge in [0.25, 0.3) is 0 Å². The van der Waals surface area contributed by atoms with Crippen molar-refractivity contribution in [3.05, 3.63) is 34.2 Å². The Morgan fingerprint density at radius 2 is 2.06 bits per heavy atom. The zero-order chi connectivity index (χ0) is 13.0. The number of aliphatic hydroxyl groups is 2. The van der Waals surface area contributed by atoms with Gasteiger partial charge >= 0.3 is 0 Å². The van der Waals surface area contributed by atoms with Gasteiger partial charge in [0, 0.05) is 4.91 Å². The van der Waals surface area contributed by atoms with Gasteiger partial charge in [0.2, 0.25) is 0 Å². The second-order valence-corrected chi connectivity index (χ2v) is 3.80. The van der Waals surface area contributed by atoms with Gasteiger partial charge in [0.05, 0.1) is 18.8 Å². The lowest BCUT2D eigenvalue weighted by atomic mass is 10.0. The minimum absolute atomic E-state index is 0.431. The molecule has 0 saturated heterocycles. The Labute approximate surface area is 103 Å². The molecule has 2 N–H and O–H groups in total. The lowest BCUT2D eigenvalue weighted by molar-refractivity contribution is 0.108. The van der Waals surface area contributed by atoms with Gasteiger partial charge in [-0.2, -0.15) is 0 Å². The highest BCUT2D eigenvalue weighted by Crippen LogP contribution is 2.33. The van der Waals surface area contributed by atoms with Gasteiger partial charge in [0.15, 0.2) is 11.5 Å². The van der Waals surface area contributed by atoms with Gasteiger partial charge in [-0.3, -0.25) is 0 Å². The van der Waals surface area contributed by atoms with Crippen molar-refractivity contribution < 1.29 is 19.7 Å². The molecule has 0 saturated carbocycles. The molecule has 2 atom stereocenters. The van der Waals surface area contributed by atoms with Gasteiger partial charge in [-0.25, -0.2) is 0 Å². The fourth-order valence-corrected chi connectivity index (χ4v) is 1.73. The molecule has 0 amide bonds. The van der Waals surface area contributed by atoms with Crippen molar-refractivity contribution in [3.63, 3.8) is 0 Å². The summed E-state index contributed by atoms with van der Waals surface area (Å²) in [4.78, 5) is 2.59. The zero-order valence-electron chi connectivity index (χ0n) is 9.56. The molecule has 18 heavy (non-hydrogen) atoms. The Balaban J connectivity index is 2.24. The van der Waals surface area contributed by atoms with Crippen LogP contribution in [0.2, 0.25) is 0 Å². The summed E-state index contributed by atoms with van der Waals surface area (Å²) in [6, 6.07) is 4.03. The highest BCUT2D eigenvalue weighted by Gasteiger charge is 2.21. The monoisotopic (exact) mass is 251 g/mol. The van der Waals surface area contributed by atoms with Crippen molar-refractivity contribution in [1.82, 2.24) is 0 Å². The summed E-state index contributed by atoms with van der Waals surface area (Å²) in [7, 11) is 0. The van der Waals surface area contributed by atoms with Gasteiger partial charge in [0.1, 0.15) is 13.2 Å². The van der Waals surface area contributed by atoms with E-state index in [2.05, 4.69) is 10.0 Å². The zero-order valence-corrected chi connectivity index (χ0v) is 9.56. The summed E-state index contributed by atoms with van der Waals surface area (Å²) in [5.41, 5.74) is 8.85. The van der Waals surface area contributed by atoms with Crippen molar-refractivity contribution >= 4 is 0 Å². The fourth-order valence-electron chi connectivity index (χ4n) is 1.73. The van der Waals surface area contributed by atoms with E-state index in [1.54, 1.807) is 18.2 Å². The molecule has 0 bridgehead atoms. The lowest BCUT2D eigenvalue weighted by Gasteiger charge is -2.21. The maximum absolute atomic E-state index is 9.99. The van der Waals surface area contributed by atoms with Crippen molar-refractivity contribution in [3.8, 4) is 11.5 Å². The number of nitrogens with zero attached hydrogens (tertiary/aromatic N) is 3. The molecular formula is C11H13N3O4. The number of azide groups is 1. The topological polar surface area (TPSA) is 108 Å². The van der Waals surface area contributed by atoms with Crippen LogP contribution in [0.15, 0.2) is 23.3 Å². The quantitative estimate of drug-likeness (QED) is 0.475. The molecule has 1 aliphatic rings. The minimum Gasteiger partial charge on any atom is -0.486 e. The Kier molecular flexibility index (Phi) is 3.88. The van der Waals surface area contributed by atoms with E-state index in [0.29, 0.717) is 30.3 Å². The van der Waals surface area contributed by atoms with Crippen LogP contribution in [0.1, 0.15) is 11.7 Å². The van der Waals surface area contributed by atoms with E-state index in [1.165, 1.54) is 0 Å². The maximum atomic E-state index is 9.99. The molecule has 7 nitrogen and oxygen atoms in total. The first-order chi connectivity index (χ1) is 8.76. The Morgan fingerprint density at radius 1 is 1.33 bits per heavy atom. The van der Waals surface area contributed by atoms with Crippen LogP contribution < -0.4 is 9.47 Å². The highest BCUT2D eigenvalue weighted by molar-refractivity contribution is 5.44. The van der Waals surface area contributed by atoms with Gasteiger partial charge < -0.3 is 19.7 Å². The summed E-state index contributed by atoms with van der Waals surface area (Å²) in [6.07, 6.45) is -1.08. The average Bonchev–Trinajstić information content (AvgIpc) is 2.43. The molecule has 1 aliphatic heterocycles. The molecule has 1 heterocycles. The smallest absolute Gasteiger partial charge is 0.161 e. The highest BCUT2D eigenvalue weighted by atomic mass is 16.6. The molecule has 96 valence electrons. The summed E-state index contributed by atoms with van der Waals surface area (Å²) < 4.78 is 10.7. The van der Waals surface area contributed by atoms with Gasteiger partial charge in [-0.1, -0.05) is 11.2 Å². The fraction of sp³-hybridized carbons (Fsp3) is 0.455. The molecule has 7 heteroatoms. The van der Waals surface area contributed by atoms with E-state index in [1.807, 2.05) is 0 Å². The predicted molar refractivity (Wildman–Crippen MR) is 62.4 cm³/mol. The Hall–Kier alpha value is -1.95. The molecule has 2 rings (SSSR count). The van der Waals surface area contributed by atoms with Crippen LogP contribution in [0.5, 0.6) is 11.5 Å². The molecule has 0 radical (unpaired) electrons. The Bertz CT molecular complexity index is 473. The van der Waals surface area contributed by atoms with E-state index >= 15 is 0 Å². The lowest BCUT2D eigenvalue weighted by Crippen LogP contribution is -2.21. The van der Waals surface area contributed by atoms with Crippen molar-refractivity contribution in [2.75, 3.05) is 19.8 Å². The Morgan fingerprint density at radius 3 is 2.72 bits per heavy atom. The van der Waals surface area contributed by atoms with Crippen molar-refractivity contribution in [1.29, 1.82) is 0 Å². The number of fused-ring (bicyclic) bond motifs is 1. The van der Waals surface area contributed by atoms with Crippen LogP contribution in [-0.4, -0.2) is 36.1 Å². The molecule has 0 spiro atoms. The molecule has 0 aliphatic carbocycles. The first kappa shape index (κ1) is 12.5. The minimum atomic E-state index is -1.08. The van der Waals surface area contributed by atoms with E-state index in [-0.39, 0.29) is 0 Å². The van der Waals surface area contributed by atoms with E-state index in [9.17, 15) is 5.11 Å². The third-order valence-corrected chi connectivity index (χ3v) is 2.66. The van der Waals surface area contributed by atoms with E-state index in [0.717, 1.165) is 0 Å². The van der Waals surface area contributed by atoms with Crippen molar-refractivity contribution in [2.45, 2.75) is 12.1 Å². The third kappa shape index (κ3) is 2.48. The van der Waals surface area contributed by atoms with E-state index in [4.69, 9.17) is 20.1 Å². The number of benzene rings is 1. The van der Waals surface area contributed by atoms with Crippen molar-refractivity contribution in [2.24, 2.45) is 5.11 Å². The molecular weight excluding hydrogens is 238 g/mol. The summed E-state index contributed by atoms with van der Waals surface area (Å²) in [6.45, 7) is 0.513. The van der Waals surface area contributed by atoms with Crippen LogP contribution >= 0.6 is 0 Å². The molecule has 1 aromatic carbocycles. The first-order valence-electron chi connectivity index (χ1n) is 5.49. The predicted octanol–water partition coefficient (Wildman–Crippen LogP) is 1.16. The number of aliphatic hydroxyl groups excluding tert-OH is 2. The van der Waals surface area contributed by atoms with Gasteiger partial charge in [-0.05, 0) is 23.2 Å². The average molecular weight is 251 g/mol. The van der Waals surface area contributed by atoms with Crippen LogP contribution in [0.25, 0.3) is 10.4 Å². The standard InChI is InChI=1S/C11H13N3O4/c12-14-13-8(6-15)11(16)7-1-2-9-10(5-7)18-4-3-17-9/h1-2,5,8,11,15-16H,3-4,6H2/t8?,11-/m1/s1. The number of hydrogen-bond acceptors (Lipinski definition) is 5. The summed E-state index contributed by atoms with van der Waals surface area (Å²) in [5.74, 6) is 1.15. The molecule has 0 fully saturated rings. The number of hydrogen-bond donors (Lipinski definition) is 2. The second-order valence-electron chi connectivity index (χ2n) is 3.80. The SMILES string of the molecule is [N-]=[N+]=NC(CO)[C@H](O)c1ccc2c(c1)OCCO2. The second kappa shape index (κ2) is 5.59. The van der Waals surface area contributed by atoms with Crippen LogP contribution in [0, 0.1) is 0 Å².